The molecule has 21 heavy (non-hydrogen) atoms. The molecule has 2 aromatic rings. The van der Waals surface area contributed by atoms with Crippen LogP contribution in [0.2, 0.25) is 0 Å². The summed E-state index contributed by atoms with van der Waals surface area (Å²) >= 11 is 1.42. The van der Waals surface area contributed by atoms with Crippen molar-refractivity contribution in [1.29, 1.82) is 0 Å². The van der Waals surface area contributed by atoms with Gasteiger partial charge in [-0.2, -0.15) is 0 Å². The number of ketones is 1. The molecule has 1 aliphatic rings. The van der Waals surface area contributed by atoms with Crippen molar-refractivity contribution in [2.45, 2.75) is 5.25 Å². The molecule has 0 radical (unpaired) electrons. The lowest BCUT2D eigenvalue weighted by Gasteiger charge is -2.08. The lowest BCUT2D eigenvalue weighted by molar-refractivity contribution is -0.115. The SMILES string of the molecule is CSC1C(=O)Nc2c(C(=O)c3cccc(F)c3)cccc21. The number of hydrogen-bond donors (Lipinski definition) is 1. The van der Waals surface area contributed by atoms with Crippen molar-refractivity contribution < 1.29 is 14.0 Å². The van der Waals surface area contributed by atoms with Gasteiger partial charge in [-0.3, -0.25) is 9.59 Å². The van der Waals surface area contributed by atoms with Crippen LogP contribution in [0.3, 0.4) is 0 Å². The minimum Gasteiger partial charge on any atom is -0.324 e. The Bertz CT molecular complexity index is 745. The summed E-state index contributed by atoms with van der Waals surface area (Å²) in [4.78, 5) is 24.5. The average Bonchev–Trinajstić information content (AvgIpc) is 2.81. The van der Waals surface area contributed by atoms with Crippen molar-refractivity contribution in [3.8, 4) is 0 Å². The highest BCUT2D eigenvalue weighted by Crippen LogP contribution is 2.41. The second-order valence-electron chi connectivity index (χ2n) is 4.71. The van der Waals surface area contributed by atoms with Crippen molar-refractivity contribution in [2.24, 2.45) is 0 Å². The molecule has 0 saturated heterocycles. The number of para-hydroxylation sites is 1. The zero-order chi connectivity index (χ0) is 15.0. The molecule has 5 heteroatoms. The number of nitrogens with one attached hydrogen (secondary N) is 1. The topological polar surface area (TPSA) is 46.2 Å². The summed E-state index contributed by atoms with van der Waals surface area (Å²) in [5.74, 6) is -0.884. The molecule has 0 saturated carbocycles. The first-order chi connectivity index (χ1) is 10.1. The van der Waals surface area contributed by atoms with Crippen LogP contribution in [0.4, 0.5) is 10.1 Å². The Hall–Kier alpha value is -2.14. The second-order valence-corrected chi connectivity index (χ2v) is 5.66. The molecule has 0 aromatic heterocycles. The van der Waals surface area contributed by atoms with E-state index in [1.54, 1.807) is 18.2 Å². The van der Waals surface area contributed by atoms with E-state index in [-0.39, 0.29) is 22.5 Å². The molecule has 1 heterocycles. The minimum absolute atomic E-state index is 0.128. The zero-order valence-corrected chi connectivity index (χ0v) is 12.0. The lowest BCUT2D eigenvalue weighted by atomic mass is 9.99. The van der Waals surface area contributed by atoms with Gasteiger partial charge >= 0.3 is 0 Å². The number of thioether (sulfide) groups is 1. The van der Waals surface area contributed by atoms with Crippen LogP contribution in [-0.2, 0) is 4.79 Å². The normalized spacial score (nSPS) is 16.5. The Labute approximate surface area is 125 Å². The molecule has 2 aromatic carbocycles. The van der Waals surface area contributed by atoms with E-state index in [2.05, 4.69) is 5.32 Å². The van der Waals surface area contributed by atoms with Gasteiger partial charge in [0.1, 0.15) is 11.1 Å². The van der Waals surface area contributed by atoms with Gasteiger partial charge in [-0.1, -0.05) is 24.3 Å². The Kier molecular flexibility index (Phi) is 3.51. The van der Waals surface area contributed by atoms with E-state index in [4.69, 9.17) is 0 Å². The molecule has 1 N–H and O–H groups in total. The van der Waals surface area contributed by atoms with E-state index in [1.165, 1.54) is 30.0 Å². The molecule has 106 valence electrons. The maximum absolute atomic E-state index is 13.3. The van der Waals surface area contributed by atoms with E-state index in [1.807, 2.05) is 12.3 Å². The Morgan fingerprint density at radius 1 is 1.24 bits per heavy atom. The van der Waals surface area contributed by atoms with Gasteiger partial charge in [-0.05, 0) is 30.0 Å². The summed E-state index contributed by atoms with van der Waals surface area (Å²) < 4.78 is 13.3. The molecule has 0 bridgehead atoms. The van der Waals surface area contributed by atoms with E-state index >= 15 is 0 Å². The third-order valence-corrected chi connectivity index (χ3v) is 4.37. The summed E-state index contributed by atoms with van der Waals surface area (Å²) in [6.07, 6.45) is 1.85. The fourth-order valence-corrected chi connectivity index (χ4v) is 3.19. The fourth-order valence-electron chi connectivity index (χ4n) is 2.47. The summed E-state index contributed by atoms with van der Waals surface area (Å²) in [6.45, 7) is 0. The third kappa shape index (κ3) is 2.34. The van der Waals surface area contributed by atoms with Crippen molar-refractivity contribution in [3.63, 3.8) is 0 Å². The van der Waals surface area contributed by atoms with Crippen molar-refractivity contribution in [3.05, 3.63) is 65.0 Å². The number of carbonyl (C=O) groups excluding carboxylic acids is 2. The third-order valence-electron chi connectivity index (χ3n) is 3.43. The molecule has 3 rings (SSSR count). The van der Waals surface area contributed by atoms with Gasteiger partial charge in [0, 0.05) is 11.1 Å². The smallest absolute Gasteiger partial charge is 0.242 e. The lowest BCUT2D eigenvalue weighted by Crippen LogP contribution is -2.10. The molecular formula is C16H12FNO2S. The number of carbonyl (C=O) groups is 2. The quantitative estimate of drug-likeness (QED) is 0.884. The Morgan fingerprint density at radius 2 is 2.00 bits per heavy atom. The number of benzene rings is 2. The van der Waals surface area contributed by atoms with Crippen molar-refractivity contribution >= 4 is 29.1 Å². The standard InChI is InChI=1S/C16H12FNO2S/c1-21-15-12-7-3-6-11(13(12)18-16(15)20)14(19)9-4-2-5-10(17)8-9/h2-8,15H,1H3,(H,18,20). The highest BCUT2D eigenvalue weighted by molar-refractivity contribution is 7.99. The van der Waals surface area contributed by atoms with Gasteiger partial charge in [0.25, 0.3) is 0 Å². The van der Waals surface area contributed by atoms with Gasteiger partial charge in [-0.15, -0.1) is 11.8 Å². The largest absolute Gasteiger partial charge is 0.324 e. The highest BCUT2D eigenvalue weighted by Gasteiger charge is 2.32. The van der Waals surface area contributed by atoms with Crippen LogP contribution in [0.15, 0.2) is 42.5 Å². The van der Waals surface area contributed by atoms with Gasteiger partial charge < -0.3 is 5.32 Å². The van der Waals surface area contributed by atoms with E-state index in [0.717, 1.165) is 5.56 Å². The summed E-state index contributed by atoms with van der Waals surface area (Å²) in [7, 11) is 0. The Balaban J connectivity index is 2.07. The first kappa shape index (κ1) is 13.8. The molecule has 1 unspecified atom stereocenters. The molecule has 0 spiro atoms. The van der Waals surface area contributed by atoms with E-state index in [9.17, 15) is 14.0 Å². The molecule has 1 aliphatic heterocycles. The van der Waals surface area contributed by atoms with Crippen molar-refractivity contribution in [1.82, 2.24) is 0 Å². The van der Waals surface area contributed by atoms with Crippen LogP contribution in [0, 0.1) is 5.82 Å². The molecule has 1 atom stereocenters. The minimum atomic E-state index is -0.459. The van der Waals surface area contributed by atoms with Gasteiger partial charge in [-0.25, -0.2) is 4.39 Å². The van der Waals surface area contributed by atoms with Crippen LogP contribution < -0.4 is 5.32 Å². The van der Waals surface area contributed by atoms with Gasteiger partial charge in [0.15, 0.2) is 5.78 Å². The predicted octanol–water partition coefficient (Wildman–Crippen LogP) is 3.41. The second kappa shape index (κ2) is 5.33. The summed E-state index contributed by atoms with van der Waals surface area (Å²) in [5.41, 5.74) is 2.00. The van der Waals surface area contributed by atoms with Crippen molar-refractivity contribution in [2.75, 3.05) is 11.6 Å². The first-order valence-corrected chi connectivity index (χ1v) is 7.67. The summed E-state index contributed by atoms with van der Waals surface area (Å²) in [5, 5.41) is 2.45. The van der Waals surface area contributed by atoms with Crippen LogP contribution in [-0.4, -0.2) is 17.9 Å². The fraction of sp³-hybridized carbons (Fsp3) is 0.125. The number of anilines is 1. The van der Waals surface area contributed by atoms with Gasteiger partial charge in [0.2, 0.25) is 5.91 Å². The van der Waals surface area contributed by atoms with E-state index in [0.29, 0.717) is 11.3 Å². The average molecular weight is 301 g/mol. The number of halogens is 1. The molecule has 1 amide bonds. The zero-order valence-electron chi connectivity index (χ0n) is 11.2. The number of hydrogen-bond acceptors (Lipinski definition) is 3. The van der Waals surface area contributed by atoms with E-state index < -0.39 is 5.82 Å². The first-order valence-electron chi connectivity index (χ1n) is 6.38. The Morgan fingerprint density at radius 3 is 2.71 bits per heavy atom. The van der Waals surface area contributed by atoms with Gasteiger partial charge in [0.05, 0.1) is 5.69 Å². The monoisotopic (exact) mass is 301 g/mol. The predicted molar refractivity (Wildman–Crippen MR) is 81.2 cm³/mol. The number of rotatable bonds is 3. The molecule has 0 aliphatic carbocycles. The van der Waals surface area contributed by atoms with Crippen LogP contribution in [0.1, 0.15) is 26.7 Å². The maximum Gasteiger partial charge on any atom is 0.242 e. The van der Waals surface area contributed by atoms with Crippen LogP contribution in [0.25, 0.3) is 0 Å². The molecular weight excluding hydrogens is 289 g/mol. The van der Waals surface area contributed by atoms with Crippen LogP contribution >= 0.6 is 11.8 Å². The number of amides is 1. The summed E-state index contributed by atoms with van der Waals surface area (Å²) in [6, 6.07) is 10.8. The highest BCUT2D eigenvalue weighted by atomic mass is 32.2. The molecule has 0 fully saturated rings. The maximum atomic E-state index is 13.3. The number of fused-ring (bicyclic) bond motifs is 1. The molecule has 3 nitrogen and oxygen atoms in total. The van der Waals surface area contributed by atoms with Crippen LogP contribution in [0.5, 0.6) is 0 Å².